The summed E-state index contributed by atoms with van der Waals surface area (Å²) >= 11 is 0. The van der Waals surface area contributed by atoms with Gasteiger partial charge in [-0.2, -0.15) is 0 Å². The van der Waals surface area contributed by atoms with E-state index in [-0.39, 0.29) is 0 Å². The van der Waals surface area contributed by atoms with Crippen LogP contribution < -0.4 is 5.73 Å². The second-order valence-electron chi connectivity index (χ2n) is 3.91. The molecule has 0 aliphatic heterocycles. The fraction of sp³-hybridized carbons (Fsp3) is 0.455. The molecule has 0 radical (unpaired) electrons. The van der Waals surface area contributed by atoms with Crippen LogP contribution in [0.4, 0.5) is 5.69 Å². The monoisotopic (exact) mass is 161 g/mol. The van der Waals surface area contributed by atoms with Crippen LogP contribution in [0.15, 0.2) is 24.3 Å². The predicted octanol–water partition coefficient (Wildman–Crippen LogP) is 2.64. The summed E-state index contributed by atoms with van der Waals surface area (Å²) in [6.45, 7) is 4.62. The standard InChI is InChI=1S/C11H15N/c1-7-8(2)11(7)9-3-5-10(12)6-4-9/h3-8,11H,12H2,1-2H3/t7-,8+,11+. The van der Waals surface area contributed by atoms with Gasteiger partial charge in [0.2, 0.25) is 0 Å². The van der Waals surface area contributed by atoms with Gasteiger partial charge in [0.05, 0.1) is 0 Å². The largest absolute Gasteiger partial charge is 0.399 e. The smallest absolute Gasteiger partial charge is 0.0314 e. The molecule has 0 amide bonds. The van der Waals surface area contributed by atoms with Crippen molar-refractivity contribution in [1.29, 1.82) is 0 Å². The zero-order valence-electron chi connectivity index (χ0n) is 7.62. The lowest BCUT2D eigenvalue weighted by atomic mass is 10.1. The fourth-order valence-corrected chi connectivity index (χ4v) is 1.99. The topological polar surface area (TPSA) is 26.0 Å². The molecule has 1 nitrogen and oxygen atoms in total. The van der Waals surface area contributed by atoms with Crippen molar-refractivity contribution in [1.82, 2.24) is 0 Å². The molecule has 0 bridgehead atoms. The summed E-state index contributed by atoms with van der Waals surface area (Å²) in [5.41, 5.74) is 7.93. The lowest BCUT2D eigenvalue weighted by Crippen LogP contribution is -1.86. The molecular weight excluding hydrogens is 146 g/mol. The van der Waals surface area contributed by atoms with Crippen molar-refractivity contribution < 1.29 is 0 Å². The van der Waals surface area contributed by atoms with Gasteiger partial charge in [-0.05, 0) is 35.4 Å². The molecule has 2 rings (SSSR count). The van der Waals surface area contributed by atoms with Gasteiger partial charge in [-0.15, -0.1) is 0 Å². The molecule has 0 saturated heterocycles. The Balaban J connectivity index is 2.20. The highest BCUT2D eigenvalue weighted by Gasteiger charge is 2.43. The molecule has 1 aliphatic carbocycles. The average Bonchev–Trinajstić information content (AvgIpc) is 2.63. The Labute approximate surface area is 73.6 Å². The second-order valence-corrected chi connectivity index (χ2v) is 3.91. The first-order chi connectivity index (χ1) is 5.70. The van der Waals surface area contributed by atoms with Crippen LogP contribution in [0.5, 0.6) is 0 Å². The van der Waals surface area contributed by atoms with Gasteiger partial charge in [-0.3, -0.25) is 0 Å². The van der Waals surface area contributed by atoms with Gasteiger partial charge in [0, 0.05) is 5.69 Å². The van der Waals surface area contributed by atoms with E-state index in [1.54, 1.807) is 0 Å². The number of nitrogens with two attached hydrogens (primary N) is 1. The molecule has 1 saturated carbocycles. The Bertz CT molecular complexity index is 268. The molecule has 1 aromatic rings. The lowest BCUT2D eigenvalue weighted by Gasteiger charge is -1.98. The maximum absolute atomic E-state index is 5.62. The van der Waals surface area contributed by atoms with Gasteiger partial charge in [0.25, 0.3) is 0 Å². The third-order valence-corrected chi connectivity index (χ3v) is 3.14. The van der Waals surface area contributed by atoms with Crippen molar-refractivity contribution >= 4 is 5.69 Å². The van der Waals surface area contributed by atoms with Gasteiger partial charge in [0.15, 0.2) is 0 Å². The molecule has 1 heteroatoms. The van der Waals surface area contributed by atoms with E-state index >= 15 is 0 Å². The van der Waals surface area contributed by atoms with Crippen molar-refractivity contribution in [3.05, 3.63) is 29.8 Å². The molecule has 2 N–H and O–H groups in total. The van der Waals surface area contributed by atoms with Crippen LogP contribution in [0, 0.1) is 11.8 Å². The third-order valence-electron chi connectivity index (χ3n) is 3.14. The number of rotatable bonds is 1. The number of hydrogen-bond acceptors (Lipinski definition) is 1. The van der Waals surface area contributed by atoms with Crippen LogP contribution in [-0.4, -0.2) is 0 Å². The van der Waals surface area contributed by atoms with Crippen LogP contribution in [-0.2, 0) is 0 Å². The van der Waals surface area contributed by atoms with E-state index in [0.29, 0.717) is 0 Å². The Morgan fingerprint density at radius 3 is 1.92 bits per heavy atom. The first-order valence-electron chi connectivity index (χ1n) is 4.55. The zero-order valence-corrected chi connectivity index (χ0v) is 7.62. The molecule has 12 heavy (non-hydrogen) atoms. The quantitative estimate of drug-likeness (QED) is 0.629. The second kappa shape index (κ2) is 2.51. The number of nitrogen functional groups attached to an aromatic ring is 1. The van der Waals surface area contributed by atoms with E-state index in [0.717, 1.165) is 23.4 Å². The molecule has 1 aromatic carbocycles. The Morgan fingerprint density at radius 1 is 1.00 bits per heavy atom. The summed E-state index contributed by atoms with van der Waals surface area (Å²) in [5, 5.41) is 0. The summed E-state index contributed by atoms with van der Waals surface area (Å²) < 4.78 is 0. The molecule has 0 heterocycles. The fourth-order valence-electron chi connectivity index (χ4n) is 1.99. The molecule has 3 atom stereocenters. The molecule has 64 valence electrons. The number of hydrogen-bond donors (Lipinski definition) is 1. The van der Waals surface area contributed by atoms with E-state index in [1.807, 2.05) is 12.1 Å². The Kier molecular flexibility index (Phi) is 1.60. The van der Waals surface area contributed by atoms with Crippen molar-refractivity contribution in [3.8, 4) is 0 Å². The number of anilines is 1. The predicted molar refractivity (Wildman–Crippen MR) is 51.9 cm³/mol. The lowest BCUT2D eigenvalue weighted by molar-refractivity contribution is 0.834. The molecule has 0 aromatic heterocycles. The van der Waals surface area contributed by atoms with Gasteiger partial charge in [-0.1, -0.05) is 26.0 Å². The van der Waals surface area contributed by atoms with E-state index in [4.69, 9.17) is 5.73 Å². The summed E-state index contributed by atoms with van der Waals surface area (Å²) in [4.78, 5) is 0. The van der Waals surface area contributed by atoms with Crippen LogP contribution in [0.3, 0.4) is 0 Å². The minimum Gasteiger partial charge on any atom is -0.399 e. The number of benzene rings is 1. The average molecular weight is 161 g/mol. The highest BCUT2D eigenvalue weighted by Crippen LogP contribution is 2.53. The van der Waals surface area contributed by atoms with Gasteiger partial charge >= 0.3 is 0 Å². The van der Waals surface area contributed by atoms with Crippen LogP contribution in [0.1, 0.15) is 25.3 Å². The van der Waals surface area contributed by atoms with Crippen molar-refractivity contribution in [2.75, 3.05) is 5.73 Å². The normalized spacial score (nSPS) is 33.3. The van der Waals surface area contributed by atoms with E-state index in [1.165, 1.54) is 5.56 Å². The summed E-state index contributed by atoms with van der Waals surface area (Å²) in [5.74, 6) is 2.49. The van der Waals surface area contributed by atoms with Crippen LogP contribution >= 0.6 is 0 Å². The SMILES string of the molecule is C[C@@H]1[C@H](C)[C@H]1c1ccc(N)cc1. The van der Waals surface area contributed by atoms with Crippen molar-refractivity contribution in [2.24, 2.45) is 11.8 Å². The van der Waals surface area contributed by atoms with E-state index in [9.17, 15) is 0 Å². The van der Waals surface area contributed by atoms with E-state index < -0.39 is 0 Å². The minimum atomic E-state index is 0.783. The maximum Gasteiger partial charge on any atom is 0.0314 e. The molecule has 1 aliphatic rings. The van der Waals surface area contributed by atoms with Crippen molar-refractivity contribution in [2.45, 2.75) is 19.8 Å². The van der Waals surface area contributed by atoms with Crippen LogP contribution in [0.2, 0.25) is 0 Å². The molecule has 0 unspecified atom stereocenters. The summed E-state index contributed by atoms with van der Waals surface area (Å²) in [6, 6.07) is 8.29. The Hall–Kier alpha value is -0.980. The minimum absolute atomic E-state index is 0.783. The van der Waals surface area contributed by atoms with Gasteiger partial charge in [-0.25, -0.2) is 0 Å². The van der Waals surface area contributed by atoms with Gasteiger partial charge < -0.3 is 5.73 Å². The first kappa shape index (κ1) is 7.66. The third kappa shape index (κ3) is 1.09. The Morgan fingerprint density at radius 2 is 1.50 bits per heavy atom. The highest BCUT2D eigenvalue weighted by atomic mass is 14.5. The highest BCUT2D eigenvalue weighted by molar-refractivity contribution is 5.41. The van der Waals surface area contributed by atoms with Crippen LogP contribution in [0.25, 0.3) is 0 Å². The summed E-state index contributed by atoms with van der Waals surface area (Å²) in [7, 11) is 0. The zero-order chi connectivity index (χ0) is 8.72. The maximum atomic E-state index is 5.62. The van der Waals surface area contributed by atoms with Crippen molar-refractivity contribution in [3.63, 3.8) is 0 Å². The first-order valence-corrected chi connectivity index (χ1v) is 4.55. The van der Waals surface area contributed by atoms with Gasteiger partial charge in [0.1, 0.15) is 0 Å². The molecular formula is C11H15N. The summed E-state index contributed by atoms with van der Waals surface area (Å²) in [6.07, 6.45) is 0. The van der Waals surface area contributed by atoms with E-state index in [2.05, 4.69) is 26.0 Å². The molecule has 0 spiro atoms. The molecule has 1 fully saturated rings.